The van der Waals surface area contributed by atoms with Gasteiger partial charge in [0.05, 0.1) is 0 Å². The molecule has 0 aliphatic carbocycles. The summed E-state index contributed by atoms with van der Waals surface area (Å²) in [6, 6.07) is 0. The van der Waals surface area contributed by atoms with Crippen molar-refractivity contribution in [1.29, 1.82) is 0 Å². The van der Waals surface area contributed by atoms with E-state index in [0.717, 1.165) is 6.54 Å². The van der Waals surface area contributed by atoms with Crippen LogP contribution in [0.3, 0.4) is 0 Å². The summed E-state index contributed by atoms with van der Waals surface area (Å²) < 4.78 is 0. The summed E-state index contributed by atoms with van der Waals surface area (Å²) in [5.74, 6) is 0. The van der Waals surface area contributed by atoms with Gasteiger partial charge in [0.25, 0.3) is 0 Å². The van der Waals surface area contributed by atoms with Crippen molar-refractivity contribution in [3.8, 4) is 0 Å². The Morgan fingerprint density at radius 1 is 1.38 bits per heavy atom. The van der Waals surface area contributed by atoms with Crippen LogP contribution in [-0.4, -0.2) is 18.0 Å². The van der Waals surface area contributed by atoms with Gasteiger partial charge in [-0.25, -0.2) is 0 Å². The Kier molecular flexibility index (Phi) is 7.06. The average Bonchev–Trinajstić information content (AvgIpc) is 2.09. The lowest BCUT2D eigenvalue weighted by molar-refractivity contribution is 0.364. The molecule has 0 saturated carbocycles. The lowest BCUT2D eigenvalue weighted by Gasteiger charge is -2.25. The number of rotatable bonds is 4. The van der Waals surface area contributed by atoms with Crippen molar-refractivity contribution < 1.29 is 0 Å². The lowest BCUT2D eigenvalue weighted by Crippen LogP contribution is -2.24. The Bertz CT molecular complexity index is 185. The predicted octanol–water partition coefficient (Wildman–Crippen LogP) is 3.53. The van der Waals surface area contributed by atoms with E-state index in [1.807, 2.05) is 0 Å². The number of hydrogen-bond donors (Lipinski definition) is 0. The maximum absolute atomic E-state index is 2.44. The average molecular weight is 246 g/mol. The normalized spacial score (nSPS) is 15.2. The van der Waals surface area contributed by atoms with Crippen molar-refractivity contribution >= 4 is 17.0 Å². The second-order valence-corrected chi connectivity index (χ2v) is 3.39. The largest absolute Gasteiger partial charge is 0.371 e. The highest BCUT2D eigenvalue weighted by molar-refractivity contribution is 8.93. The molecule has 1 aliphatic heterocycles. The molecule has 13 heavy (non-hydrogen) atoms. The molecule has 0 amide bonds. The molecule has 1 aliphatic rings. The Labute approximate surface area is 92.3 Å². The molecule has 1 heterocycles. The zero-order valence-electron chi connectivity index (χ0n) is 8.62. The first-order valence-electron chi connectivity index (χ1n) is 4.93. The Morgan fingerprint density at radius 2 is 2.15 bits per heavy atom. The van der Waals surface area contributed by atoms with Gasteiger partial charge in [0.1, 0.15) is 0 Å². The summed E-state index contributed by atoms with van der Waals surface area (Å²) in [6.07, 6.45) is 10.6. The van der Waals surface area contributed by atoms with Gasteiger partial charge >= 0.3 is 0 Å². The Morgan fingerprint density at radius 3 is 2.77 bits per heavy atom. The molecule has 0 radical (unpaired) electrons. The highest BCUT2D eigenvalue weighted by atomic mass is 79.9. The summed E-state index contributed by atoms with van der Waals surface area (Å²) in [5, 5.41) is 0. The van der Waals surface area contributed by atoms with Gasteiger partial charge in [0, 0.05) is 18.8 Å². The maximum Gasteiger partial charge on any atom is 0.0359 e. The van der Waals surface area contributed by atoms with Crippen LogP contribution in [0.4, 0.5) is 0 Å². The first-order valence-corrected chi connectivity index (χ1v) is 4.93. The van der Waals surface area contributed by atoms with Crippen LogP contribution >= 0.6 is 17.0 Å². The molecule has 2 heteroatoms. The number of hydrogen-bond acceptors (Lipinski definition) is 1. The molecule has 0 aromatic rings. The third kappa shape index (κ3) is 4.51. The Hall–Kier alpha value is -0.240. The maximum atomic E-state index is 2.44. The van der Waals surface area contributed by atoms with E-state index < -0.39 is 0 Å². The number of allylic oxidation sites excluding steroid dienone is 3. The standard InChI is InChI=1S/C11H19N.BrH/c1-3-4-6-9-12-10-7-5-8-11(12)2;/h5,7-8H,3-4,6,9-10H2,1-2H3;1H. The minimum atomic E-state index is 0. The van der Waals surface area contributed by atoms with Gasteiger partial charge in [0.15, 0.2) is 0 Å². The van der Waals surface area contributed by atoms with Crippen molar-refractivity contribution in [2.24, 2.45) is 0 Å². The van der Waals surface area contributed by atoms with Crippen molar-refractivity contribution in [3.63, 3.8) is 0 Å². The van der Waals surface area contributed by atoms with Gasteiger partial charge in [-0.1, -0.05) is 31.9 Å². The van der Waals surface area contributed by atoms with E-state index >= 15 is 0 Å². The zero-order chi connectivity index (χ0) is 8.81. The van der Waals surface area contributed by atoms with Gasteiger partial charge in [0.2, 0.25) is 0 Å². The van der Waals surface area contributed by atoms with Gasteiger partial charge in [-0.3, -0.25) is 0 Å². The summed E-state index contributed by atoms with van der Waals surface area (Å²) in [7, 11) is 0. The summed E-state index contributed by atoms with van der Waals surface area (Å²) in [4.78, 5) is 2.44. The van der Waals surface area contributed by atoms with Crippen LogP contribution in [0.5, 0.6) is 0 Å². The molecule has 0 saturated heterocycles. The fourth-order valence-electron chi connectivity index (χ4n) is 1.47. The number of nitrogens with zero attached hydrogens (tertiary/aromatic N) is 1. The zero-order valence-corrected chi connectivity index (χ0v) is 10.3. The first kappa shape index (κ1) is 12.8. The monoisotopic (exact) mass is 245 g/mol. The predicted molar refractivity (Wildman–Crippen MR) is 64.3 cm³/mol. The smallest absolute Gasteiger partial charge is 0.0359 e. The third-order valence-corrected chi connectivity index (χ3v) is 2.33. The molecule has 1 rings (SSSR count). The van der Waals surface area contributed by atoms with Gasteiger partial charge in [-0.15, -0.1) is 17.0 Å². The molecule has 1 nitrogen and oxygen atoms in total. The molecular formula is C11H20BrN. The fraction of sp³-hybridized carbons (Fsp3) is 0.636. The molecule has 0 fully saturated rings. The van der Waals surface area contributed by atoms with E-state index in [1.165, 1.54) is 31.5 Å². The molecule has 76 valence electrons. The van der Waals surface area contributed by atoms with Crippen molar-refractivity contribution in [2.75, 3.05) is 13.1 Å². The minimum absolute atomic E-state index is 0. The van der Waals surface area contributed by atoms with Gasteiger partial charge in [-0.2, -0.15) is 0 Å². The number of halogens is 1. The molecule has 0 atom stereocenters. The van der Waals surface area contributed by atoms with E-state index in [9.17, 15) is 0 Å². The topological polar surface area (TPSA) is 3.24 Å². The van der Waals surface area contributed by atoms with E-state index in [1.54, 1.807) is 0 Å². The van der Waals surface area contributed by atoms with E-state index in [-0.39, 0.29) is 17.0 Å². The molecule has 0 unspecified atom stereocenters. The van der Waals surface area contributed by atoms with E-state index in [0.29, 0.717) is 0 Å². The van der Waals surface area contributed by atoms with Crippen LogP contribution in [0.2, 0.25) is 0 Å². The van der Waals surface area contributed by atoms with Crippen LogP contribution in [-0.2, 0) is 0 Å². The highest BCUT2D eigenvalue weighted by Gasteiger charge is 2.04. The molecule has 0 bridgehead atoms. The molecule has 0 N–H and O–H groups in total. The molecule has 0 aromatic carbocycles. The lowest BCUT2D eigenvalue weighted by atomic mass is 10.2. The summed E-state index contributed by atoms with van der Waals surface area (Å²) in [6.45, 7) is 6.76. The van der Waals surface area contributed by atoms with Crippen LogP contribution < -0.4 is 0 Å². The highest BCUT2D eigenvalue weighted by Crippen LogP contribution is 2.10. The van der Waals surface area contributed by atoms with Crippen LogP contribution in [0.25, 0.3) is 0 Å². The SMILES string of the molecule is Br.CCCCCN1CC=CC=C1C. The summed E-state index contributed by atoms with van der Waals surface area (Å²) in [5.41, 5.74) is 1.41. The van der Waals surface area contributed by atoms with Crippen molar-refractivity contribution in [3.05, 3.63) is 23.9 Å². The summed E-state index contributed by atoms with van der Waals surface area (Å²) >= 11 is 0. The van der Waals surface area contributed by atoms with Crippen LogP contribution in [0.1, 0.15) is 33.1 Å². The molecular weight excluding hydrogens is 226 g/mol. The van der Waals surface area contributed by atoms with Gasteiger partial charge in [-0.05, 0) is 19.4 Å². The molecule has 0 spiro atoms. The quantitative estimate of drug-likeness (QED) is 0.686. The molecule has 0 aromatic heterocycles. The van der Waals surface area contributed by atoms with E-state index in [2.05, 4.69) is 37.0 Å². The minimum Gasteiger partial charge on any atom is -0.371 e. The van der Waals surface area contributed by atoms with Crippen molar-refractivity contribution in [1.82, 2.24) is 4.90 Å². The third-order valence-electron chi connectivity index (χ3n) is 2.33. The first-order chi connectivity index (χ1) is 5.84. The second kappa shape index (κ2) is 7.19. The fourth-order valence-corrected chi connectivity index (χ4v) is 1.47. The van der Waals surface area contributed by atoms with Crippen molar-refractivity contribution in [2.45, 2.75) is 33.1 Å². The van der Waals surface area contributed by atoms with Gasteiger partial charge < -0.3 is 4.90 Å². The number of unbranched alkanes of at least 4 members (excludes halogenated alkanes) is 2. The van der Waals surface area contributed by atoms with E-state index in [4.69, 9.17) is 0 Å². The van der Waals surface area contributed by atoms with Crippen LogP contribution in [0.15, 0.2) is 23.9 Å². The van der Waals surface area contributed by atoms with Crippen LogP contribution in [0, 0.1) is 0 Å². The Balaban J connectivity index is 0.00000144. The second-order valence-electron chi connectivity index (χ2n) is 3.39.